The highest BCUT2D eigenvalue weighted by atomic mass is 32.1. The van der Waals surface area contributed by atoms with E-state index < -0.39 is 4.92 Å². The largest absolute Gasteiger partial charge is 0.378 e. The molecular formula is C12H17N3O4S. The minimum absolute atomic E-state index is 0.0411. The number of amides is 1. The summed E-state index contributed by atoms with van der Waals surface area (Å²) in [5, 5.41) is 13.8. The van der Waals surface area contributed by atoms with Gasteiger partial charge in [-0.1, -0.05) is 11.3 Å². The van der Waals surface area contributed by atoms with Gasteiger partial charge in [-0.05, 0) is 13.0 Å². The van der Waals surface area contributed by atoms with Crippen LogP contribution in [-0.2, 0) is 16.1 Å². The van der Waals surface area contributed by atoms with E-state index in [-0.39, 0.29) is 17.0 Å². The molecule has 1 aliphatic rings. The molecule has 0 aliphatic carbocycles. The van der Waals surface area contributed by atoms with Crippen molar-refractivity contribution in [2.45, 2.75) is 19.5 Å². The lowest BCUT2D eigenvalue weighted by atomic mass is 10.2. The smallest absolute Gasteiger partial charge is 0.324 e. The molecule has 8 heteroatoms. The summed E-state index contributed by atoms with van der Waals surface area (Å²) in [7, 11) is 0. The molecule has 1 N–H and O–H groups in total. The van der Waals surface area contributed by atoms with E-state index in [1.807, 2.05) is 0 Å². The van der Waals surface area contributed by atoms with Crippen molar-refractivity contribution in [1.82, 2.24) is 10.2 Å². The Balaban J connectivity index is 1.82. The first-order valence-electron chi connectivity index (χ1n) is 6.41. The van der Waals surface area contributed by atoms with E-state index in [2.05, 4.69) is 5.32 Å². The lowest BCUT2D eigenvalue weighted by Crippen LogP contribution is -2.48. The highest BCUT2D eigenvalue weighted by Gasteiger charge is 2.22. The second-order valence-corrected chi connectivity index (χ2v) is 5.68. The van der Waals surface area contributed by atoms with E-state index in [4.69, 9.17) is 4.74 Å². The summed E-state index contributed by atoms with van der Waals surface area (Å²) < 4.78 is 5.21. The van der Waals surface area contributed by atoms with Gasteiger partial charge < -0.3 is 15.0 Å². The molecule has 1 atom stereocenters. The molecule has 0 spiro atoms. The number of hydrogen-bond acceptors (Lipinski definition) is 6. The predicted octanol–water partition coefficient (Wildman–Crippen LogP) is 0.993. The van der Waals surface area contributed by atoms with E-state index in [1.165, 1.54) is 6.07 Å². The first-order chi connectivity index (χ1) is 9.58. The van der Waals surface area contributed by atoms with Gasteiger partial charge in [0, 0.05) is 30.6 Å². The summed E-state index contributed by atoms with van der Waals surface area (Å²) in [6.45, 7) is 4.66. The molecule has 7 nitrogen and oxygen atoms in total. The van der Waals surface area contributed by atoms with E-state index in [1.54, 1.807) is 17.9 Å². The number of thiophene rings is 1. The quantitative estimate of drug-likeness (QED) is 0.647. The van der Waals surface area contributed by atoms with Crippen LogP contribution in [0.4, 0.5) is 5.00 Å². The van der Waals surface area contributed by atoms with Crippen molar-refractivity contribution in [2.24, 2.45) is 0 Å². The van der Waals surface area contributed by atoms with E-state index in [0.717, 1.165) is 16.2 Å². The van der Waals surface area contributed by atoms with E-state index in [9.17, 15) is 14.9 Å². The number of ether oxygens (including phenoxy) is 1. The van der Waals surface area contributed by atoms with Crippen molar-refractivity contribution >= 4 is 22.2 Å². The first-order valence-corrected chi connectivity index (χ1v) is 7.22. The summed E-state index contributed by atoms with van der Waals surface area (Å²) in [4.78, 5) is 24.9. The van der Waals surface area contributed by atoms with Crippen LogP contribution in [0.25, 0.3) is 0 Å². The lowest BCUT2D eigenvalue weighted by molar-refractivity contribution is -0.380. The third kappa shape index (κ3) is 3.75. The number of carbonyl (C=O) groups excluding carboxylic acids is 1. The van der Waals surface area contributed by atoms with Crippen LogP contribution in [0.1, 0.15) is 11.8 Å². The van der Waals surface area contributed by atoms with Crippen LogP contribution in [0.3, 0.4) is 0 Å². The molecule has 0 aromatic carbocycles. The monoisotopic (exact) mass is 299 g/mol. The molecule has 0 radical (unpaired) electrons. The van der Waals surface area contributed by atoms with Crippen LogP contribution in [0, 0.1) is 10.1 Å². The van der Waals surface area contributed by atoms with Crippen molar-refractivity contribution in [3.05, 3.63) is 27.1 Å². The standard InChI is InChI=1S/C12H17N3O4S/c1-9(12(16)14-4-6-19-7-5-14)13-8-10-2-3-11(20-10)15(17)18/h2-3,9,13H,4-8H2,1H3. The Bertz CT molecular complexity index is 485. The molecule has 1 aromatic heterocycles. The number of carbonyl (C=O) groups is 1. The molecule has 20 heavy (non-hydrogen) atoms. The highest BCUT2D eigenvalue weighted by molar-refractivity contribution is 7.15. The van der Waals surface area contributed by atoms with Crippen LogP contribution < -0.4 is 5.32 Å². The molecular weight excluding hydrogens is 282 g/mol. The highest BCUT2D eigenvalue weighted by Crippen LogP contribution is 2.23. The van der Waals surface area contributed by atoms with Crippen LogP contribution in [0.2, 0.25) is 0 Å². The zero-order valence-corrected chi connectivity index (χ0v) is 12.0. The molecule has 1 aromatic rings. The van der Waals surface area contributed by atoms with Crippen LogP contribution in [0.15, 0.2) is 12.1 Å². The van der Waals surface area contributed by atoms with Gasteiger partial charge in [-0.2, -0.15) is 0 Å². The minimum atomic E-state index is -0.406. The second-order valence-electron chi connectivity index (χ2n) is 4.54. The second kappa shape index (κ2) is 6.78. The van der Waals surface area contributed by atoms with Crippen LogP contribution in [0.5, 0.6) is 0 Å². The number of nitrogens with one attached hydrogen (secondary N) is 1. The number of nitrogens with zero attached hydrogens (tertiary/aromatic N) is 2. The fourth-order valence-corrected chi connectivity index (χ4v) is 2.73. The average Bonchev–Trinajstić information content (AvgIpc) is 2.94. The fourth-order valence-electron chi connectivity index (χ4n) is 1.96. The van der Waals surface area contributed by atoms with Crippen molar-refractivity contribution < 1.29 is 14.5 Å². The molecule has 0 saturated carbocycles. The average molecular weight is 299 g/mol. The van der Waals surface area contributed by atoms with Gasteiger partial charge in [-0.3, -0.25) is 14.9 Å². The Hall–Kier alpha value is -1.51. The SMILES string of the molecule is CC(NCc1ccc([N+](=O)[O-])s1)C(=O)N1CCOCC1. The number of hydrogen-bond donors (Lipinski definition) is 1. The molecule has 110 valence electrons. The van der Waals surface area contributed by atoms with Crippen molar-refractivity contribution in [1.29, 1.82) is 0 Å². The van der Waals surface area contributed by atoms with Gasteiger partial charge >= 0.3 is 5.00 Å². The third-order valence-corrected chi connectivity index (χ3v) is 4.14. The Morgan fingerprint density at radius 3 is 2.85 bits per heavy atom. The minimum Gasteiger partial charge on any atom is -0.378 e. The predicted molar refractivity (Wildman–Crippen MR) is 74.7 cm³/mol. The van der Waals surface area contributed by atoms with E-state index >= 15 is 0 Å². The molecule has 1 amide bonds. The zero-order chi connectivity index (χ0) is 14.5. The molecule has 2 heterocycles. The maximum absolute atomic E-state index is 12.1. The number of rotatable bonds is 5. The van der Waals surface area contributed by atoms with E-state index in [0.29, 0.717) is 32.8 Å². The Morgan fingerprint density at radius 2 is 2.25 bits per heavy atom. The van der Waals surface area contributed by atoms with Crippen LogP contribution >= 0.6 is 11.3 Å². The van der Waals surface area contributed by atoms with Crippen LogP contribution in [-0.4, -0.2) is 48.1 Å². The summed E-state index contributed by atoms with van der Waals surface area (Å²) >= 11 is 1.12. The van der Waals surface area contributed by atoms with Gasteiger partial charge in [0.05, 0.1) is 24.2 Å². The maximum Gasteiger partial charge on any atom is 0.324 e. The molecule has 2 rings (SSSR count). The van der Waals surface area contributed by atoms with Gasteiger partial charge in [-0.15, -0.1) is 0 Å². The Labute approximate surface area is 120 Å². The van der Waals surface area contributed by atoms with Crippen molar-refractivity contribution in [3.8, 4) is 0 Å². The summed E-state index contributed by atoms with van der Waals surface area (Å²) in [5.74, 6) is 0.0411. The topological polar surface area (TPSA) is 84.7 Å². The number of nitro groups is 1. The van der Waals surface area contributed by atoms with Gasteiger partial charge in [0.2, 0.25) is 5.91 Å². The van der Waals surface area contributed by atoms with Gasteiger partial charge in [0.1, 0.15) is 0 Å². The first kappa shape index (κ1) is 14.9. The molecule has 1 aliphatic heterocycles. The fraction of sp³-hybridized carbons (Fsp3) is 0.583. The van der Waals surface area contributed by atoms with Crippen molar-refractivity contribution in [3.63, 3.8) is 0 Å². The van der Waals surface area contributed by atoms with Gasteiger partial charge in [0.25, 0.3) is 0 Å². The van der Waals surface area contributed by atoms with Gasteiger partial charge in [-0.25, -0.2) is 0 Å². The molecule has 1 unspecified atom stereocenters. The maximum atomic E-state index is 12.1. The number of morpholine rings is 1. The zero-order valence-electron chi connectivity index (χ0n) is 11.2. The summed E-state index contributed by atoms with van der Waals surface area (Å²) in [6, 6.07) is 2.88. The summed E-state index contributed by atoms with van der Waals surface area (Å²) in [6.07, 6.45) is 0. The molecule has 1 fully saturated rings. The molecule has 0 bridgehead atoms. The van der Waals surface area contributed by atoms with Gasteiger partial charge in [0.15, 0.2) is 0 Å². The Morgan fingerprint density at radius 1 is 1.55 bits per heavy atom. The normalized spacial score (nSPS) is 16.9. The Kier molecular flexibility index (Phi) is 5.05. The molecule has 1 saturated heterocycles. The summed E-state index contributed by atoms with van der Waals surface area (Å²) in [5.41, 5.74) is 0. The third-order valence-electron chi connectivity index (χ3n) is 3.10. The van der Waals surface area contributed by atoms with Crippen molar-refractivity contribution in [2.75, 3.05) is 26.3 Å². The lowest BCUT2D eigenvalue weighted by Gasteiger charge is -2.29.